The van der Waals surface area contributed by atoms with Gasteiger partial charge in [-0.2, -0.15) is 5.10 Å². The van der Waals surface area contributed by atoms with E-state index in [1.807, 2.05) is 42.5 Å². The third kappa shape index (κ3) is 5.08. The highest BCUT2D eigenvalue weighted by molar-refractivity contribution is 5.94. The minimum Gasteiger partial charge on any atom is -0.497 e. The molecule has 5 heteroatoms. The second kappa shape index (κ2) is 11.0. The molecule has 0 spiro atoms. The molecular weight excluding hydrogens is 482 g/mol. The van der Waals surface area contributed by atoms with Crippen molar-refractivity contribution < 1.29 is 9.53 Å². The van der Waals surface area contributed by atoms with E-state index >= 15 is 0 Å². The summed E-state index contributed by atoms with van der Waals surface area (Å²) in [4.78, 5) is 13.0. The molecule has 0 aliphatic heterocycles. The molecule has 1 aliphatic carbocycles. The van der Waals surface area contributed by atoms with Crippen LogP contribution in [0.2, 0.25) is 0 Å². The SMILES string of the molecule is COc1ccc2c(c1)CCc1c(-c3ccc(C(=O)NCCC(c4ccccc4)c4ccccc4)cc3)n[nH]c1-2. The van der Waals surface area contributed by atoms with E-state index in [-0.39, 0.29) is 11.8 Å². The zero-order valence-corrected chi connectivity index (χ0v) is 22.0. The number of fused-ring (bicyclic) bond motifs is 3. The second-order valence-corrected chi connectivity index (χ2v) is 9.94. The Kier molecular flexibility index (Phi) is 6.96. The molecule has 1 amide bonds. The molecule has 5 aromatic rings. The molecule has 0 fully saturated rings. The van der Waals surface area contributed by atoms with Crippen LogP contribution in [0.1, 0.15) is 45.0 Å². The average Bonchev–Trinajstić information content (AvgIpc) is 3.44. The normalized spacial score (nSPS) is 12.1. The predicted molar refractivity (Wildman–Crippen MR) is 155 cm³/mol. The monoisotopic (exact) mass is 513 g/mol. The van der Waals surface area contributed by atoms with E-state index in [9.17, 15) is 4.79 Å². The van der Waals surface area contributed by atoms with Crippen molar-refractivity contribution in [2.45, 2.75) is 25.2 Å². The van der Waals surface area contributed by atoms with Crippen LogP contribution in [0.4, 0.5) is 0 Å². The van der Waals surface area contributed by atoms with Gasteiger partial charge in [-0.1, -0.05) is 72.8 Å². The van der Waals surface area contributed by atoms with Crippen LogP contribution in [-0.2, 0) is 12.8 Å². The van der Waals surface area contributed by atoms with E-state index in [1.54, 1.807) is 7.11 Å². The van der Waals surface area contributed by atoms with Gasteiger partial charge in [-0.15, -0.1) is 0 Å². The molecule has 0 radical (unpaired) electrons. The molecule has 1 aromatic heterocycles. The van der Waals surface area contributed by atoms with Crippen molar-refractivity contribution in [2.24, 2.45) is 0 Å². The highest BCUT2D eigenvalue weighted by Crippen LogP contribution is 2.38. The molecule has 0 saturated heterocycles. The highest BCUT2D eigenvalue weighted by atomic mass is 16.5. The Morgan fingerprint density at radius 3 is 2.26 bits per heavy atom. The lowest BCUT2D eigenvalue weighted by molar-refractivity contribution is 0.0953. The Morgan fingerprint density at radius 1 is 0.897 bits per heavy atom. The zero-order chi connectivity index (χ0) is 26.6. The number of aromatic amines is 1. The molecule has 1 aliphatic rings. The van der Waals surface area contributed by atoms with Crippen LogP contribution in [0.25, 0.3) is 22.5 Å². The maximum absolute atomic E-state index is 13.0. The average molecular weight is 514 g/mol. The van der Waals surface area contributed by atoms with Crippen LogP contribution in [0.5, 0.6) is 5.75 Å². The number of amides is 1. The molecule has 39 heavy (non-hydrogen) atoms. The number of aryl methyl sites for hydroxylation is 1. The molecule has 0 saturated carbocycles. The Hall–Kier alpha value is -4.64. The Balaban J connectivity index is 1.13. The standard InChI is InChI=1S/C34H31N3O2/c1-39-28-17-19-30-27(22-28)16-18-31-32(36-37-33(30)31)25-12-14-26(15-13-25)34(38)35-21-20-29(23-8-4-2-5-9-23)24-10-6-3-7-11-24/h2-15,17,19,22,29H,16,18,20-21H2,1H3,(H,35,38)(H,36,37). The largest absolute Gasteiger partial charge is 0.497 e. The highest BCUT2D eigenvalue weighted by Gasteiger charge is 2.23. The van der Waals surface area contributed by atoms with Crippen LogP contribution < -0.4 is 10.1 Å². The molecule has 1 heterocycles. The molecule has 0 unspecified atom stereocenters. The number of rotatable bonds is 8. The second-order valence-electron chi connectivity index (χ2n) is 9.94. The molecule has 6 rings (SSSR count). The lowest BCUT2D eigenvalue weighted by Gasteiger charge is -2.18. The maximum atomic E-state index is 13.0. The van der Waals surface area contributed by atoms with Gasteiger partial charge in [0.1, 0.15) is 5.75 Å². The summed E-state index contributed by atoms with van der Waals surface area (Å²) >= 11 is 0. The summed E-state index contributed by atoms with van der Waals surface area (Å²) in [6.45, 7) is 0.589. The predicted octanol–water partition coefficient (Wildman–Crippen LogP) is 6.80. The number of carbonyl (C=O) groups excluding carboxylic acids is 1. The van der Waals surface area contributed by atoms with Gasteiger partial charge < -0.3 is 10.1 Å². The summed E-state index contributed by atoms with van der Waals surface area (Å²) in [6.07, 6.45) is 2.68. The van der Waals surface area contributed by atoms with Gasteiger partial charge in [0.25, 0.3) is 5.91 Å². The number of aromatic nitrogens is 2. The lowest BCUT2D eigenvalue weighted by atomic mass is 9.87. The van der Waals surface area contributed by atoms with E-state index in [1.165, 1.54) is 27.8 Å². The topological polar surface area (TPSA) is 67.0 Å². The first-order chi connectivity index (χ1) is 19.2. The number of methoxy groups -OCH3 is 1. The summed E-state index contributed by atoms with van der Waals surface area (Å²) in [7, 11) is 1.69. The fourth-order valence-corrected chi connectivity index (χ4v) is 5.59. The first-order valence-electron chi connectivity index (χ1n) is 13.4. The number of H-pyrrole nitrogens is 1. The van der Waals surface area contributed by atoms with Crippen molar-refractivity contribution in [3.8, 4) is 28.3 Å². The van der Waals surface area contributed by atoms with E-state index < -0.39 is 0 Å². The molecule has 5 nitrogen and oxygen atoms in total. The molecule has 4 aromatic carbocycles. The van der Waals surface area contributed by atoms with Crippen LogP contribution in [0.3, 0.4) is 0 Å². The fourth-order valence-electron chi connectivity index (χ4n) is 5.59. The lowest BCUT2D eigenvalue weighted by Crippen LogP contribution is -2.25. The molecule has 0 bridgehead atoms. The number of carbonyl (C=O) groups is 1. The minimum atomic E-state index is -0.0617. The van der Waals surface area contributed by atoms with Gasteiger partial charge in [0.15, 0.2) is 0 Å². The first kappa shape index (κ1) is 24.7. The Bertz CT molecular complexity index is 1540. The first-order valence-corrected chi connectivity index (χ1v) is 13.4. The number of benzene rings is 4. The van der Waals surface area contributed by atoms with Crippen molar-refractivity contribution in [3.63, 3.8) is 0 Å². The zero-order valence-electron chi connectivity index (χ0n) is 22.0. The van der Waals surface area contributed by atoms with E-state index in [2.05, 4.69) is 76.2 Å². The van der Waals surface area contributed by atoms with Crippen LogP contribution in [0, 0.1) is 0 Å². The van der Waals surface area contributed by atoms with Crippen molar-refractivity contribution in [1.82, 2.24) is 15.5 Å². The van der Waals surface area contributed by atoms with Gasteiger partial charge in [0.2, 0.25) is 0 Å². The van der Waals surface area contributed by atoms with Gasteiger partial charge in [-0.3, -0.25) is 9.89 Å². The number of nitrogens with zero attached hydrogens (tertiary/aromatic N) is 1. The summed E-state index contributed by atoms with van der Waals surface area (Å²) in [5.41, 5.74) is 9.86. The fraction of sp³-hybridized carbons (Fsp3) is 0.176. The smallest absolute Gasteiger partial charge is 0.251 e. The van der Waals surface area contributed by atoms with Crippen molar-refractivity contribution in [2.75, 3.05) is 13.7 Å². The third-order valence-electron chi connectivity index (χ3n) is 7.64. The summed E-state index contributed by atoms with van der Waals surface area (Å²) in [5.74, 6) is 1.04. The molecule has 0 atom stereocenters. The van der Waals surface area contributed by atoms with Crippen molar-refractivity contribution in [3.05, 3.63) is 131 Å². The summed E-state index contributed by atoms with van der Waals surface area (Å²) in [6, 6.07) is 34.9. The van der Waals surface area contributed by atoms with Crippen LogP contribution in [-0.4, -0.2) is 29.8 Å². The molecule has 194 valence electrons. The van der Waals surface area contributed by atoms with E-state index in [0.717, 1.165) is 42.0 Å². The molecule has 2 N–H and O–H groups in total. The Labute approximate surface area is 228 Å². The van der Waals surface area contributed by atoms with Crippen molar-refractivity contribution >= 4 is 5.91 Å². The third-order valence-corrected chi connectivity index (χ3v) is 7.64. The summed E-state index contributed by atoms with van der Waals surface area (Å²) < 4.78 is 5.39. The van der Waals surface area contributed by atoms with Crippen LogP contribution >= 0.6 is 0 Å². The number of nitrogens with one attached hydrogen (secondary N) is 2. The van der Waals surface area contributed by atoms with Gasteiger partial charge in [-0.05, 0) is 66.3 Å². The minimum absolute atomic E-state index is 0.0617. The van der Waals surface area contributed by atoms with Gasteiger partial charge >= 0.3 is 0 Å². The molecular formula is C34H31N3O2. The maximum Gasteiger partial charge on any atom is 0.251 e. The van der Waals surface area contributed by atoms with Gasteiger partial charge in [0.05, 0.1) is 18.5 Å². The van der Waals surface area contributed by atoms with E-state index in [4.69, 9.17) is 4.74 Å². The summed E-state index contributed by atoms with van der Waals surface area (Å²) in [5, 5.41) is 11.0. The van der Waals surface area contributed by atoms with Crippen LogP contribution in [0.15, 0.2) is 103 Å². The number of ether oxygens (including phenoxy) is 1. The van der Waals surface area contributed by atoms with E-state index in [0.29, 0.717) is 12.1 Å². The van der Waals surface area contributed by atoms with Gasteiger partial charge in [-0.25, -0.2) is 0 Å². The number of hydrogen-bond acceptors (Lipinski definition) is 3. The van der Waals surface area contributed by atoms with Crippen molar-refractivity contribution in [1.29, 1.82) is 0 Å². The Morgan fingerprint density at radius 2 is 1.59 bits per heavy atom. The van der Waals surface area contributed by atoms with Gasteiger partial charge in [0, 0.05) is 34.7 Å². The number of hydrogen-bond donors (Lipinski definition) is 2. The quantitative estimate of drug-likeness (QED) is 0.240.